The number of aromatic nitrogens is 2. The van der Waals surface area contributed by atoms with E-state index in [1.807, 2.05) is 0 Å². The Morgan fingerprint density at radius 3 is 2.62 bits per heavy atom. The number of rotatable bonds is 11. The average molecular weight is 366 g/mol. The first-order valence-electron chi connectivity index (χ1n) is 7.27. The molecule has 0 aliphatic heterocycles. The number of aliphatic hydroxyl groups is 1. The minimum Gasteiger partial charge on any atom is -0.394 e. The Balaban J connectivity index is 2.76. The quantitative estimate of drug-likeness (QED) is 0.452. The van der Waals surface area contributed by atoms with E-state index in [-0.39, 0.29) is 32.2 Å². The molecule has 24 heavy (non-hydrogen) atoms. The number of nitrogens with one attached hydrogen (secondary N) is 1. The third-order valence-electron chi connectivity index (χ3n) is 3.28. The van der Waals surface area contributed by atoms with E-state index in [0.717, 1.165) is 11.7 Å². The normalized spacial score (nSPS) is 16.5. The van der Waals surface area contributed by atoms with Gasteiger partial charge >= 0.3 is 13.3 Å². The maximum atomic E-state index is 11.8. The van der Waals surface area contributed by atoms with Crippen molar-refractivity contribution in [1.29, 1.82) is 0 Å². The number of aromatic amines is 1. The number of H-pyrrole nitrogens is 1. The van der Waals surface area contributed by atoms with E-state index in [0.29, 0.717) is 0 Å². The molecule has 1 aromatic heterocycles. The van der Waals surface area contributed by atoms with Crippen LogP contribution in [0.4, 0.5) is 0 Å². The van der Waals surface area contributed by atoms with E-state index >= 15 is 0 Å². The van der Waals surface area contributed by atoms with Crippen LogP contribution in [0.25, 0.3) is 0 Å². The van der Waals surface area contributed by atoms with Crippen LogP contribution in [-0.4, -0.2) is 59.3 Å². The Kier molecular flexibility index (Phi) is 8.54. The van der Waals surface area contributed by atoms with E-state index < -0.39 is 31.2 Å². The molecule has 0 saturated heterocycles. The van der Waals surface area contributed by atoms with Crippen molar-refractivity contribution in [2.45, 2.75) is 25.2 Å². The van der Waals surface area contributed by atoms with Crippen LogP contribution in [-0.2, 0) is 18.6 Å². The first kappa shape index (κ1) is 20.8. The Hall–Kier alpha value is -1.29. The second-order valence-corrected chi connectivity index (χ2v) is 7.14. The van der Waals surface area contributed by atoms with E-state index in [1.54, 1.807) is 0 Å². The zero-order valence-corrected chi connectivity index (χ0v) is 14.5. The fraction of sp³-hybridized carbons (Fsp3) is 0.692. The lowest BCUT2D eigenvalue weighted by molar-refractivity contribution is -0.107. The van der Waals surface area contributed by atoms with Gasteiger partial charge in [-0.2, -0.15) is 0 Å². The van der Waals surface area contributed by atoms with E-state index in [9.17, 15) is 24.2 Å². The molecule has 3 N–H and O–H groups in total. The lowest BCUT2D eigenvalue weighted by Crippen LogP contribution is -2.36. The molecule has 1 heterocycles. The molecular formula is C13H23N2O8P. The summed E-state index contributed by atoms with van der Waals surface area (Å²) < 4.78 is 27.7. The molecule has 1 aromatic rings. The van der Waals surface area contributed by atoms with Gasteiger partial charge in [0, 0.05) is 26.5 Å². The molecule has 3 atom stereocenters. The van der Waals surface area contributed by atoms with Gasteiger partial charge in [0.15, 0.2) is 6.23 Å². The zero-order chi connectivity index (χ0) is 18.2. The van der Waals surface area contributed by atoms with E-state index in [2.05, 4.69) is 9.51 Å². The summed E-state index contributed by atoms with van der Waals surface area (Å²) in [5.74, 6) is 0. The molecule has 1 unspecified atom stereocenters. The maximum absolute atomic E-state index is 11.8. The molecule has 10 nitrogen and oxygen atoms in total. The molecular weight excluding hydrogens is 343 g/mol. The standard InChI is InChI=1S/C13H23N2O8P/c1-21-9-12(15-6-5-11(17)14-13(15)18)23-10(8-16)4-3-7-24(19,20)22-2/h5-6,10,12,16H,3-4,7-9H2,1-2H3,(H,19,20)(H,14,17,18)/t10-,12-/m1/s1. The SMILES string of the molecule is COC[C@@H](O[C@@H](CO)CCCP(=O)(O)OC)n1ccc(=O)[nH]c1=O. The average Bonchev–Trinajstić information content (AvgIpc) is 2.53. The van der Waals surface area contributed by atoms with Gasteiger partial charge in [0.1, 0.15) is 0 Å². The summed E-state index contributed by atoms with van der Waals surface area (Å²) in [5.41, 5.74) is -1.20. The second kappa shape index (κ2) is 9.87. The molecule has 0 aliphatic rings. The van der Waals surface area contributed by atoms with Crippen LogP contribution >= 0.6 is 7.60 Å². The monoisotopic (exact) mass is 366 g/mol. The molecule has 0 spiro atoms. The van der Waals surface area contributed by atoms with Crippen LogP contribution in [0.1, 0.15) is 19.1 Å². The van der Waals surface area contributed by atoms with Crippen molar-refractivity contribution in [3.63, 3.8) is 0 Å². The third-order valence-corrected chi connectivity index (χ3v) is 4.73. The van der Waals surface area contributed by atoms with Gasteiger partial charge in [-0.3, -0.25) is 18.9 Å². The number of nitrogens with zero attached hydrogens (tertiary/aromatic N) is 1. The van der Waals surface area contributed by atoms with Gasteiger partial charge in [-0.25, -0.2) is 4.79 Å². The van der Waals surface area contributed by atoms with Crippen molar-refractivity contribution >= 4 is 7.60 Å². The number of ether oxygens (including phenoxy) is 2. The van der Waals surface area contributed by atoms with Crippen LogP contribution in [0.5, 0.6) is 0 Å². The van der Waals surface area contributed by atoms with Gasteiger partial charge in [-0.15, -0.1) is 0 Å². The van der Waals surface area contributed by atoms with Crippen molar-refractivity contribution < 1.29 is 28.6 Å². The zero-order valence-electron chi connectivity index (χ0n) is 13.6. The predicted octanol–water partition coefficient (Wildman–Crippen LogP) is -0.329. The maximum Gasteiger partial charge on any atom is 0.330 e. The lowest BCUT2D eigenvalue weighted by atomic mass is 10.2. The van der Waals surface area contributed by atoms with Crippen molar-refractivity contribution in [3.8, 4) is 0 Å². The highest BCUT2D eigenvalue weighted by molar-refractivity contribution is 7.52. The number of hydrogen-bond acceptors (Lipinski definition) is 7. The van der Waals surface area contributed by atoms with Crippen LogP contribution < -0.4 is 11.2 Å². The summed E-state index contributed by atoms with van der Waals surface area (Å²) in [6.45, 7) is -0.333. The van der Waals surface area contributed by atoms with Crippen LogP contribution in [0.3, 0.4) is 0 Å². The Labute approximate surface area is 138 Å². The van der Waals surface area contributed by atoms with Gasteiger partial charge in [0.25, 0.3) is 5.56 Å². The topological polar surface area (TPSA) is 140 Å². The molecule has 11 heteroatoms. The van der Waals surface area contributed by atoms with Crippen molar-refractivity contribution in [2.24, 2.45) is 0 Å². The van der Waals surface area contributed by atoms with Crippen LogP contribution in [0.15, 0.2) is 21.9 Å². The minimum atomic E-state index is -3.62. The Morgan fingerprint density at radius 2 is 2.08 bits per heavy atom. The largest absolute Gasteiger partial charge is 0.394 e. The fourth-order valence-electron chi connectivity index (χ4n) is 2.02. The number of methoxy groups -OCH3 is 1. The van der Waals surface area contributed by atoms with Gasteiger partial charge in [0.2, 0.25) is 0 Å². The highest BCUT2D eigenvalue weighted by Crippen LogP contribution is 2.41. The molecule has 138 valence electrons. The van der Waals surface area contributed by atoms with Gasteiger partial charge in [-0.1, -0.05) is 0 Å². The Bertz CT molecular complexity index is 658. The molecule has 0 radical (unpaired) electrons. The summed E-state index contributed by atoms with van der Waals surface area (Å²) in [6, 6.07) is 1.17. The molecule has 0 aromatic carbocycles. The Morgan fingerprint density at radius 1 is 1.38 bits per heavy atom. The molecule has 0 amide bonds. The molecule has 0 fully saturated rings. The summed E-state index contributed by atoms with van der Waals surface area (Å²) >= 11 is 0. The highest BCUT2D eigenvalue weighted by Gasteiger charge is 2.21. The van der Waals surface area contributed by atoms with Gasteiger partial charge in [-0.05, 0) is 12.8 Å². The van der Waals surface area contributed by atoms with Gasteiger partial charge < -0.3 is 24.0 Å². The summed E-state index contributed by atoms with van der Waals surface area (Å²) in [5, 5.41) is 9.42. The first-order valence-corrected chi connectivity index (χ1v) is 9.03. The summed E-state index contributed by atoms with van der Waals surface area (Å²) in [4.78, 5) is 34.4. The second-order valence-electron chi connectivity index (χ2n) is 5.05. The van der Waals surface area contributed by atoms with Crippen molar-refractivity contribution in [1.82, 2.24) is 9.55 Å². The number of hydrogen-bond donors (Lipinski definition) is 3. The first-order chi connectivity index (χ1) is 11.3. The van der Waals surface area contributed by atoms with E-state index in [1.165, 1.54) is 19.4 Å². The highest BCUT2D eigenvalue weighted by atomic mass is 31.2. The third kappa shape index (κ3) is 6.68. The predicted molar refractivity (Wildman–Crippen MR) is 85.1 cm³/mol. The summed E-state index contributed by atoms with van der Waals surface area (Å²) in [7, 11) is -1.05. The minimum absolute atomic E-state index is 0.0129. The summed E-state index contributed by atoms with van der Waals surface area (Å²) in [6.07, 6.45) is 0.222. The van der Waals surface area contributed by atoms with Crippen molar-refractivity contribution in [2.75, 3.05) is 33.6 Å². The van der Waals surface area contributed by atoms with E-state index in [4.69, 9.17) is 9.47 Å². The molecule has 0 aliphatic carbocycles. The van der Waals surface area contributed by atoms with Gasteiger partial charge in [0.05, 0.1) is 25.5 Å². The molecule has 1 rings (SSSR count). The van der Waals surface area contributed by atoms with Crippen LogP contribution in [0, 0.1) is 0 Å². The van der Waals surface area contributed by atoms with Crippen LogP contribution in [0.2, 0.25) is 0 Å². The smallest absolute Gasteiger partial charge is 0.330 e. The molecule has 0 saturated carbocycles. The number of aliphatic hydroxyl groups excluding tert-OH is 1. The van der Waals surface area contributed by atoms with Crippen molar-refractivity contribution in [3.05, 3.63) is 33.1 Å². The lowest BCUT2D eigenvalue weighted by Gasteiger charge is -2.24. The fourth-order valence-corrected chi connectivity index (χ4v) is 2.78. The molecule has 0 bridgehead atoms.